The van der Waals surface area contributed by atoms with E-state index >= 15 is 0 Å². The minimum atomic E-state index is -0.780. The summed E-state index contributed by atoms with van der Waals surface area (Å²) in [6.45, 7) is 5.48. The highest BCUT2D eigenvalue weighted by molar-refractivity contribution is 5.88. The Kier molecular flexibility index (Phi) is 8.76. The highest BCUT2D eigenvalue weighted by Crippen LogP contribution is 2.09. The zero-order valence-electron chi connectivity index (χ0n) is 15.6. The topological polar surface area (TPSA) is 134 Å². The first-order chi connectivity index (χ1) is 12.2. The molecule has 142 valence electrons. The Morgan fingerprint density at radius 3 is 2.31 bits per heavy atom. The van der Waals surface area contributed by atoms with Gasteiger partial charge in [0.25, 0.3) is 0 Å². The third kappa shape index (κ3) is 7.21. The molecule has 0 fully saturated rings. The first-order valence-corrected chi connectivity index (χ1v) is 8.79. The maximum Gasteiger partial charge on any atom is 0.239 e. The van der Waals surface area contributed by atoms with E-state index < -0.39 is 30.1 Å². The summed E-state index contributed by atoms with van der Waals surface area (Å²) in [6, 6.07) is 9.19. The van der Waals surface area contributed by atoms with Gasteiger partial charge >= 0.3 is 0 Å². The van der Waals surface area contributed by atoms with Crippen LogP contribution in [0.2, 0.25) is 0 Å². The average Bonchev–Trinajstić information content (AvgIpc) is 2.58. The number of carbonyl (C=O) groups excluding carboxylic acids is 2. The Morgan fingerprint density at radius 2 is 1.81 bits per heavy atom. The first-order valence-electron chi connectivity index (χ1n) is 8.79. The SMILES string of the molecule is CC(C)C[C@H](N[C@H](C#N)[C@@H](N)Cc1ccccc1)C(=O)N[C@@H](C)C(N)=O. The van der Waals surface area contributed by atoms with Crippen LogP contribution < -0.4 is 22.1 Å². The smallest absolute Gasteiger partial charge is 0.239 e. The Bertz CT molecular complexity index is 627. The lowest BCUT2D eigenvalue weighted by Crippen LogP contribution is -2.56. The molecule has 4 atom stereocenters. The van der Waals surface area contributed by atoms with Crippen LogP contribution in [0.3, 0.4) is 0 Å². The Morgan fingerprint density at radius 1 is 1.19 bits per heavy atom. The standard InChI is InChI=1S/C19H29N5O2/c1-12(2)9-16(19(26)23-13(3)18(22)25)24-17(11-20)15(21)10-14-7-5-4-6-8-14/h4-8,12-13,15-17,24H,9-10,21H2,1-3H3,(H2,22,25)(H,23,26)/t13-,15-,16-,17+/m0/s1. The number of nitriles is 1. The third-order valence-electron chi connectivity index (χ3n) is 4.07. The second kappa shape index (κ2) is 10.5. The molecule has 0 aromatic heterocycles. The summed E-state index contributed by atoms with van der Waals surface area (Å²) in [4.78, 5) is 23.7. The van der Waals surface area contributed by atoms with Gasteiger partial charge in [-0.15, -0.1) is 0 Å². The van der Waals surface area contributed by atoms with Crippen LogP contribution in [0.1, 0.15) is 32.8 Å². The van der Waals surface area contributed by atoms with Crippen molar-refractivity contribution in [3.8, 4) is 6.07 Å². The fourth-order valence-electron chi connectivity index (χ4n) is 2.58. The normalized spacial score (nSPS) is 15.5. The molecule has 1 rings (SSSR count). The number of hydrogen-bond donors (Lipinski definition) is 4. The summed E-state index contributed by atoms with van der Waals surface area (Å²) < 4.78 is 0. The molecule has 0 heterocycles. The van der Waals surface area contributed by atoms with Crippen LogP contribution in [-0.2, 0) is 16.0 Å². The second-order valence-electron chi connectivity index (χ2n) is 6.94. The van der Waals surface area contributed by atoms with E-state index in [0.29, 0.717) is 12.8 Å². The minimum absolute atomic E-state index is 0.215. The Balaban J connectivity index is 2.80. The van der Waals surface area contributed by atoms with Gasteiger partial charge in [0.05, 0.1) is 12.1 Å². The van der Waals surface area contributed by atoms with E-state index in [1.165, 1.54) is 6.92 Å². The van der Waals surface area contributed by atoms with Crippen molar-refractivity contribution < 1.29 is 9.59 Å². The average molecular weight is 359 g/mol. The number of hydrogen-bond acceptors (Lipinski definition) is 5. The Labute approximate surface area is 155 Å². The van der Waals surface area contributed by atoms with Gasteiger partial charge in [-0.2, -0.15) is 5.26 Å². The molecule has 7 heteroatoms. The van der Waals surface area contributed by atoms with Crippen LogP contribution in [0.4, 0.5) is 0 Å². The van der Waals surface area contributed by atoms with E-state index in [9.17, 15) is 14.9 Å². The maximum atomic E-state index is 12.5. The molecule has 6 N–H and O–H groups in total. The van der Waals surface area contributed by atoms with E-state index in [0.717, 1.165) is 5.56 Å². The fraction of sp³-hybridized carbons (Fsp3) is 0.526. The molecule has 0 aliphatic carbocycles. The first kappa shape index (κ1) is 21.6. The summed E-state index contributed by atoms with van der Waals surface area (Å²) in [7, 11) is 0. The Hall–Kier alpha value is -2.43. The molecule has 26 heavy (non-hydrogen) atoms. The van der Waals surface area contributed by atoms with Gasteiger partial charge in [-0.25, -0.2) is 0 Å². The van der Waals surface area contributed by atoms with Crippen LogP contribution in [-0.4, -0.2) is 36.0 Å². The quantitative estimate of drug-likeness (QED) is 0.481. The number of rotatable bonds is 10. The highest BCUT2D eigenvalue weighted by Gasteiger charge is 2.28. The van der Waals surface area contributed by atoms with Crippen LogP contribution in [0.5, 0.6) is 0 Å². The van der Waals surface area contributed by atoms with Crippen molar-refractivity contribution in [2.24, 2.45) is 17.4 Å². The number of carbonyl (C=O) groups is 2. The highest BCUT2D eigenvalue weighted by atomic mass is 16.2. The van der Waals surface area contributed by atoms with Crippen molar-refractivity contribution in [1.29, 1.82) is 5.26 Å². The monoisotopic (exact) mass is 359 g/mol. The van der Waals surface area contributed by atoms with Gasteiger partial charge in [0.1, 0.15) is 12.1 Å². The van der Waals surface area contributed by atoms with Gasteiger partial charge in [0.2, 0.25) is 11.8 Å². The van der Waals surface area contributed by atoms with Crippen molar-refractivity contribution in [2.75, 3.05) is 0 Å². The number of amides is 2. The molecule has 7 nitrogen and oxygen atoms in total. The number of nitrogens with two attached hydrogens (primary N) is 2. The zero-order chi connectivity index (χ0) is 19.7. The summed E-state index contributed by atoms with van der Waals surface area (Å²) in [5, 5.41) is 15.1. The fourth-order valence-corrected chi connectivity index (χ4v) is 2.58. The van der Waals surface area contributed by atoms with E-state index in [1.807, 2.05) is 44.2 Å². The molecule has 0 unspecified atom stereocenters. The third-order valence-corrected chi connectivity index (χ3v) is 4.07. The molecule has 2 amide bonds. The van der Waals surface area contributed by atoms with Crippen LogP contribution >= 0.6 is 0 Å². The molecule has 1 aromatic carbocycles. The molecular formula is C19H29N5O2. The molecule has 0 bridgehead atoms. The van der Waals surface area contributed by atoms with Crippen LogP contribution in [0.15, 0.2) is 30.3 Å². The molecular weight excluding hydrogens is 330 g/mol. The lowest BCUT2D eigenvalue weighted by molar-refractivity contribution is -0.128. The van der Waals surface area contributed by atoms with Crippen LogP contribution in [0.25, 0.3) is 0 Å². The molecule has 0 aliphatic heterocycles. The molecule has 0 radical (unpaired) electrons. The zero-order valence-corrected chi connectivity index (χ0v) is 15.6. The van der Waals surface area contributed by atoms with Crippen molar-refractivity contribution in [3.05, 3.63) is 35.9 Å². The molecule has 0 spiro atoms. The van der Waals surface area contributed by atoms with Gasteiger partial charge < -0.3 is 16.8 Å². The van der Waals surface area contributed by atoms with Crippen LogP contribution in [0, 0.1) is 17.2 Å². The largest absolute Gasteiger partial charge is 0.368 e. The lowest BCUT2D eigenvalue weighted by Gasteiger charge is -2.27. The van der Waals surface area contributed by atoms with E-state index in [2.05, 4.69) is 16.7 Å². The number of nitrogens with one attached hydrogen (secondary N) is 2. The molecule has 1 aromatic rings. The number of benzene rings is 1. The second-order valence-corrected chi connectivity index (χ2v) is 6.94. The van der Waals surface area contributed by atoms with Gasteiger partial charge in [0.15, 0.2) is 0 Å². The maximum absolute atomic E-state index is 12.5. The van der Waals surface area contributed by atoms with Crippen molar-refractivity contribution >= 4 is 11.8 Å². The summed E-state index contributed by atoms with van der Waals surface area (Å²) in [5.74, 6) is -0.761. The summed E-state index contributed by atoms with van der Waals surface area (Å²) >= 11 is 0. The van der Waals surface area contributed by atoms with Crippen molar-refractivity contribution in [2.45, 2.75) is 57.8 Å². The van der Waals surface area contributed by atoms with E-state index in [1.54, 1.807) is 0 Å². The number of nitrogens with zero attached hydrogens (tertiary/aromatic N) is 1. The predicted octanol–water partition coefficient (Wildman–Crippen LogP) is 0.443. The van der Waals surface area contributed by atoms with Crippen molar-refractivity contribution in [3.63, 3.8) is 0 Å². The molecule has 0 saturated carbocycles. The molecule has 0 saturated heterocycles. The minimum Gasteiger partial charge on any atom is -0.368 e. The van der Waals surface area contributed by atoms with E-state index in [-0.39, 0.29) is 11.8 Å². The van der Waals surface area contributed by atoms with Crippen molar-refractivity contribution in [1.82, 2.24) is 10.6 Å². The van der Waals surface area contributed by atoms with Gasteiger partial charge in [0, 0.05) is 6.04 Å². The summed E-state index contributed by atoms with van der Waals surface area (Å²) in [6.07, 6.45) is 1.02. The van der Waals surface area contributed by atoms with Gasteiger partial charge in [-0.3, -0.25) is 14.9 Å². The molecule has 0 aliphatic rings. The predicted molar refractivity (Wildman–Crippen MR) is 101 cm³/mol. The lowest BCUT2D eigenvalue weighted by atomic mass is 9.97. The van der Waals surface area contributed by atoms with Gasteiger partial charge in [-0.1, -0.05) is 44.2 Å². The van der Waals surface area contributed by atoms with Gasteiger partial charge in [-0.05, 0) is 31.2 Å². The van der Waals surface area contributed by atoms with E-state index in [4.69, 9.17) is 11.5 Å². The number of primary amides is 1. The summed E-state index contributed by atoms with van der Waals surface area (Å²) in [5.41, 5.74) is 12.4.